The van der Waals surface area contributed by atoms with Crippen LogP contribution in [-0.2, 0) is 9.47 Å². The van der Waals surface area contributed by atoms with Gasteiger partial charge in [-0.3, -0.25) is 0 Å². The molecule has 0 bridgehead atoms. The fourth-order valence-corrected chi connectivity index (χ4v) is 1.23. The van der Waals surface area contributed by atoms with E-state index >= 15 is 0 Å². The number of hydrogen-bond donors (Lipinski definition) is 0. The van der Waals surface area contributed by atoms with Crippen molar-refractivity contribution in [3.05, 3.63) is 23.5 Å². The van der Waals surface area contributed by atoms with Crippen LogP contribution in [0, 0.1) is 0 Å². The number of esters is 2. The van der Waals surface area contributed by atoms with Crippen LogP contribution in [0.15, 0.2) is 12.1 Å². The summed E-state index contributed by atoms with van der Waals surface area (Å²) in [5.41, 5.74) is 0.0120. The first-order chi connectivity index (χ1) is 8.62. The predicted octanol–water partition coefficient (Wildman–Crippen LogP) is 1.44. The second-order valence-corrected chi connectivity index (χ2v) is 3.40. The molecule has 18 heavy (non-hydrogen) atoms. The molecule has 0 saturated carbocycles. The van der Waals surface area contributed by atoms with Crippen molar-refractivity contribution in [1.29, 1.82) is 0 Å². The minimum Gasteiger partial charge on any atom is -0.493 e. The molecular formula is C12H15NO5. The SMILES string of the molecule is CCCOc1cc(C(=O)OC)nc(C(=O)OC)c1. The molecule has 0 saturated heterocycles. The van der Waals surface area contributed by atoms with Crippen molar-refractivity contribution in [2.45, 2.75) is 13.3 Å². The van der Waals surface area contributed by atoms with Crippen LogP contribution in [0.1, 0.15) is 34.3 Å². The fourth-order valence-electron chi connectivity index (χ4n) is 1.23. The third-order valence-corrected chi connectivity index (χ3v) is 2.06. The van der Waals surface area contributed by atoms with Crippen molar-refractivity contribution in [2.24, 2.45) is 0 Å². The van der Waals surface area contributed by atoms with Gasteiger partial charge in [0.25, 0.3) is 0 Å². The zero-order valence-electron chi connectivity index (χ0n) is 10.6. The Bertz CT molecular complexity index is 410. The van der Waals surface area contributed by atoms with Crippen LogP contribution in [0.2, 0.25) is 0 Å². The summed E-state index contributed by atoms with van der Waals surface area (Å²) in [6.45, 7) is 2.43. The van der Waals surface area contributed by atoms with Crippen LogP contribution in [-0.4, -0.2) is 37.7 Å². The van der Waals surface area contributed by atoms with E-state index in [2.05, 4.69) is 14.5 Å². The highest BCUT2D eigenvalue weighted by atomic mass is 16.5. The Morgan fingerprint density at radius 3 is 2.00 bits per heavy atom. The molecule has 0 aliphatic carbocycles. The monoisotopic (exact) mass is 253 g/mol. The summed E-state index contributed by atoms with van der Waals surface area (Å²) in [6, 6.07) is 2.85. The van der Waals surface area contributed by atoms with Gasteiger partial charge in [-0.05, 0) is 6.42 Å². The lowest BCUT2D eigenvalue weighted by Crippen LogP contribution is -2.11. The molecule has 0 N–H and O–H groups in total. The van der Waals surface area contributed by atoms with Gasteiger partial charge >= 0.3 is 11.9 Å². The van der Waals surface area contributed by atoms with Gasteiger partial charge in [0, 0.05) is 12.1 Å². The zero-order valence-corrected chi connectivity index (χ0v) is 10.6. The van der Waals surface area contributed by atoms with Crippen LogP contribution in [0.5, 0.6) is 5.75 Å². The summed E-state index contributed by atoms with van der Waals surface area (Å²) in [5, 5.41) is 0. The third-order valence-electron chi connectivity index (χ3n) is 2.06. The summed E-state index contributed by atoms with van der Waals surface area (Å²) in [4.78, 5) is 26.7. The average Bonchev–Trinajstić information content (AvgIpc) is 2.42. The lowest BCUT2D eigenvalue weighted by molar-refractivity contribution is 0.0584. The maximum absolute atomic E-state index is 11.4. The number of carbonyl (C=O) groups excluding carboxylic acids is 2. The van der Waals surface area contributed by atoms with Gasteiger partial charge in [-0.25, -0.2) is 14.6 Å². The fraction of sp³-hybridized carbons (Fsp3) is 0.417. The minimum atomic E-state index is -0.637. The normalized spacial score (nSPS) is 9.72. The van der Waals surface area contributed by atoms with Gasteiger partial charge in [0.15, 0.2) is 11.4 Å². The summed E-state index contributed by atoms with van der Waals surface area (Å²) < 4.78 is 14.5. The smallest absolute Gasteiger partial charge is 0.356 e. The largest absolute Gasteiger partial charge is 0.493 e. The van der Waals surface area contributed by atoms with Crippen molar-refractivity contribution in [1.82, 2.24) is 4.98 Å². The van der Waals surface area contributed by atoms with Crippen LogP contribution in [0.3, 0.4) is 0 Å². The number of hydrogen-bond acceptors (Lipinski definition) is 6. The van der Waals surface area contributed by atoms with E-state index in [0.717, 1.165) is 6.42 Å². The van der Waals surface area contributed by atoms with Crippen molar-refractivity contribution in [3.63, 3.8) is 0 Å². The first-order valence-corrected chi connectivity index (χ1v) is 5.43. The van der Waals surface area contributed by atoms with E-state index in [1.165, 1.54) is 26.4 Å². The van der Waals surface area contributed by atoms with Gasteiger partial charge in [-0.15, -0.1) is 0 Å². The quantitative estimate of drug-likeness (QED) is 0.739. The molecule has 0 aliphatic heterocycles. The van der Waals surface area contributed by atoms with Gasteiger partial charge < -0.3 is 14.2 Å². The van der Waals surface area contributed by atoms with Crippen molar-refractivity contribution in [3.8, 4) is 5.75 Å². The van der Waals surface area contributed by atoms with E-state index in [-0.39, 0.29) is 11.4 Å². The van der Waals surface area contributed by atoms with E-state index in [4.69, 9.17) is 4.74 Å². The molecule has 98 valence electrons. The molecule has 0 radical (unpaired) electrons. The third kappa shape index (κ3) is 3.44. The number of methoxy groups -OCH3 is 2. The highest BCUT2D eigenvalue weighted by molar-refractivity contribution is 5.92. The summed E-state index contributed by atoms with van der Waals surface area (Å²) in [5.74, 6) is -0.892. The summed E-state index contributed by atoms with van der Waals surface area (Å²) in [7, 11) is 2.48. The number of carbonyl (C=O) groups is 2. The van der Waals surface area contributed by atoms with E-state index in [0.29, 0.717) is 12.4 Å². The van der Waals surface area contributed by atoms with Crippen molar-refractivity contribution >= 4 is 11.9 Å². The van der Waals surface area contributed by atoms with Crippen LogP contribution < -0.4 is 4.74 Å². The highest BCUT2D eigenvalue weighted by Crippen LogP contribution is 2.16. The maximum Gasteiger partial charge on any atom is 0.356 e. The number of ether oxygens (including phenoxy) is 3. The molecule has 6 nitrogen and oxygen atoms in total. The Kier molecular flexibility index (Phi) is 5.10. The summed E-state index contributed by atoms with van der Waals surface area (Å²) >= 11 is 0. The molecule has 1 aromatic rings. The minimum absolute atomic E-state index is 0.00602. The topological polar surface area (TPSA) is 74.7 Å². The molecule has 0 fully saturated rings. The van der Waals surface area contributed by atoms with Gasteiger partial charge in [0.05, 0.1) is 20.8 Å². The number of rotatable bonds is 5. The van der Waals surface area contributed by atoms with E-state index in [9.17, 15) is 9.59 Å². The Balaban J connectivity index is 3.11. The zero-order chi connectivity index (χ0) is 13.5. The lowest BCUT2D eigenvalue weighted by Gasteiger charge is -2.08. The Morgan fingerprint density at radius 2 is 1.61 bits per heavy atom. The standard InChI is InChI=1S/C12H15NO5/c1-4-5-18-8-6-9(11(14)16-2)13-10(7-8)12(15)17-3/h6-7H,4-5H2,1-3H3. The molecule has 0 amide bonds. The molecule has 0 aliphatic rings. The molecular weight excluding hydrogens is 238 g/mol. The molecule has 1 rings (SSSR count). The number of nitrogens with zero attached hydrogens (tertiary/aromatic N) is 1. The first kappa shape index (κ1) is 14.0. The molecule has 1 aromatic heterocycles. The molecule has 0 unspecified atom stereocenters. The Hall–Kier alpha value is -2.11. The van der Waals surface area contributed by atoms with E-state index in [1.807, 2.05) is 6.92 Å². The van der Waals surface area contributed by atoms with Crippen LogP contribution in [0.4, 0.5) is 0 Å². The van der Waals surface area contributed by atoms with Crippen molar-refractivity contribution < 1.29 is 23.8 Å². The Labute approximate surface area is 105 Å². The van der Waals surface area contributed by atoms with Crippen LogP contribution in [0.25, 0.3) is 0 Å². The van der Waals surface area contributed by atoms with Gasteiger partial charge in [0.1, 0.15) is 5.75 Å². The number of pyridine rings is 1. The predicted molar refractivity (Wildman–Crippen MR) is 62.7 cm³/mol. The highest BCUT2D eigenvalue weighted by Gasteiger charge is 2.16. The molecule has 1 heterocycles. The summed E-state index contributed by atoms with van der Waals surface area (Å²) in [6.07, 6.45) is 0.809. The van der Waals surface area contributed by atoms with E-state index < -0.39 is 11.9 Å². The van der Waals surface area contributed by atoms with E-state index in [1.54, 1.807) is 0 Å². The molecule has 6 heteroatoms. The first-order valence-electron chi connectivity index (χ1n) is 5.43. The maximum atomic E-state index is 11.4. The second-order valence-electron chi connectivity index (χ2n) is 3.40. The van der Waals surface area contributed by atoms with Gasteiger partial charge in [0.2, 0.25) is 0 Å². The molecule has 0 atom stereocenters. The van der Waals surface area contributed by atoms with Gasteiger partial charge in [-0.1, -0.05) is 6.92 Å². The second kappa shape index (κ2) is 6.58. The average molecular weight is 253 g/mol. The molecule has 0 aromatic carbocycles. The lowest BCUT2D eigenvalue weighted by atomic mass is 10.2. The van der Waals surface area contributed by atoms with Crippen LogP contribution >= 0.6 is 0 Å². The van der Waals surface area contributed by atoms with Gasteiger partial charge in [-0.2, -0.15) is 0 Å². The Morgan fingerprint density at radius 1 is 1.11 bits per heavy atom. The molecule has 0 spiro atoms. The number of aromatic nitrogens is 1. The van der Waals surface area contributed by atoms with Crippen molar-refractivity contribution in [2.75, 3.05) is 20.8 Å².